The van der Waals surface area contributed by atoms with Gasteiger partial charge in [-0.15, -0.1) is 24.0 Å². The molecule has 0 aromatic heterocycles. The Morgan fingerprint density at radius 1 is 1.38 bits per heavy atom. The van der Waals surface area contributed by atoms with Crippen LogP contribution >= 0.6 is 24.0 Å². The van der Waals surface area contributed by atoms with Crippen molar-refractivity contribution in [1.82, 2.24) is 16.0 Å². The van der Waals surface area contributed by atoms with Gasteiger partial charge in [0, 0.05) is 27.2 Å². The predicted octanol–water partition coefficient (Wildman–Crippen LogP) is 0.940. The number of ether oxygens (including phenoxy) is 2. The summed E-state index contributed by atoms with van der Waals surface area (Å²) in [6.07, 6.45) is 1.94. The standard InChI is InChI=1S/C13H26N4O3.HI/c1-4-20-13(18)17-11(10-5-6-10)9-16-12(14-2)15-7-8-19-3;/h10-11H,4-9H2,1-3H3,(H,17,18)(H2,14,15,16);1H. The molecule has 0 radical (unpaired) electrons. The van der Waals surface area contributed by atoms with Crippen LogP contribution in [-0.2, 0) is 9.47 Å². The Hall–Kier alpha value is -0.770. The molecule has 1 aliphatic carbocycles. The molecular formula is C13H27IN4O3. The quantitative estimate of drug-likeness (QED) is 0.238. The summed E-state index contributed by atoms with van der Waals surface area (Å²) in [7, 11) is 3.37. The Bertz CT molecular complexity index is 325. The Kier molecular flexibility index (Phi) is 11.4. The number of nitrogens with one attached hydrogen (secondary N) is 3. The van der Waals surface area contributed by atoms with Crippen LogP contribution in [0.2, 0.25) is 0 Å². The van der Waals surface area contributed by atoms with Crippen molar-refractivity contribution in [2.24, 2.45) is 10.9 Å². The van der Waals surface area contributed by atoms with E-state index in [1.54, 1.807) is 21.1 Å². The lowest BCUT2D eigenvalue weighted by Crippen LogP contribution is -2.48. The second-order valence-corrected chi connectivity index (χ2v) is 4.68. The van der Waals surface area contributed by atoms with Crippen molar-refractivity contribution in [2.75, 3.05) is 40.5 Å². The molecule has 1 unspecified atom stereocenters. The van der Waals surface area contributed by atoms with Crippen LogP contribution in [0.3, 0.4) is 0 Å². The molecule has 0 heterocycles. The number of halogens is 1. The van der Waals surface area contributed by atoms with E-state index in [0.29, 0.717) is 38.2 Å². The van der Waals surface area contributed by atoms with Gasteiger partial charge in [0.15, 0.2) is 5.96 Å². The fourth-order valence-corrected chi connectivity index (χ4v) is 1.86. The molecule has 0 aromatic rings. The molecule has 0 aliphatic heterocycles. The van der Waals surface area contributed by atoms with E-state index in [1.165, 1.54) is 0 Å². The second kappa shape index (κ2) is 11.8. The van der Waals surface area contributed by atoms with Crippen LogP contribution in [0.4, 0.5) is 4.79 Å². The number of hydrogen-bond donors (Lipinski definition) is 3. The van der Waals surface area contributed by atoms with E-state index in [9.17, 15) is 4.79 Å². The fourth-order valence-electron chi connectivity index (χ4n) is 1.86. The SMILES string of the molecule is CCOC(=O)NC(CNC(=NC)NCCOC)C1CC1.I. The summed E-state index contributed by atoms with van der Waals surface area (Å²) >= 11 is 0. The van der Waals surface area contributed by atoms with Crippen molar-refractivity contribution in [1.29, 1.82) is 0 Å². The molecule has 0 saturated heterocycles. The summed E-state index contributed by atoms with van der Waals surface area (Å²) in [5.74, 6) is 1.24. The van der Waals surface area contributed by atoms with Crippen LogP contribution in [-0.4, -0.2) is 58.6 Å². The van der Waals surface area contributed by atoms with Gasteiger partial charge in [-0.1, -0.05) is 0 Å². The average Bonchev–Trinajstić information content (AvgIpc) is 3.26. The third-order valence-electron chi connectivity index (χ3n) is 3.08. The summed E-state index contributed by atoms with van der Waals surface area (Å²) in [5.41, 5.74) is 0. The van der Waals surface area contributed by atoms with E-state index in [-0.39, 0.29) is 36.1 Å². The molecule has 0 aromatic carbocycles. The molecule has 7 nitrogen and oxygen atoms in total. The van der Waals surface area contributed by atoms with Crippen LogP contribution in [0.25, 0.3) is 0 Å². The highest BCUT2D eigenvalue weighted by Gasteiger charge is 2.32. The maximum Gasteiger partial charge on any atom is 0.407 e. The Balaban J connectivity index is 0.00000400. The van der Waals surface area contributed by atoms with E-state index >= 15 is 0 Å². The highest BCUT2D eigenvalue weighted by atomic mass is 127. The number of nitrogens with zero attached hydrogens (tertiary/aromatic N) is 1. The monoisotopic (exact) mass is 414 g/mol. The summed E-state index contributed by atoms with van der Waals surface area (Å²) < 4.78 is 9.89. The molecular weight excluding hydrogens is 387 g/mol. The smallest absolute Gasteiger partial charge is 0.407 e. The molecule has 1 saturated carbocycles. The van der Waals surface area contributed by atoms with E-state index in [1.807, 2.05) is 0 Å². The van der Waals surface area contributed by atoms with Gasteiger partial charge in [-0.25, -0.2) is 4.79 Å². The summed E-state index contributed by atoms with van der Waals surface area (Å²) in [6.45, 7) is 4.13. The molecule has 1 aliphatic rings. The maximum absolute atomic E-state index is 11.5. The molecule has 1 atom stereocenters. The van der Waals surface area contributed by atoms with Crippen LogP contribution in [0.5, 0.6) is 0 Å². The average molecular weight is 414 g/mol. The van der Waals surface area contributed by atoms with Gasteiger partial charge in [-0.05, 0) is 25.7 Å². The predicted molar refractivity (Wildman–Crippen MR) is 93.3 cm³/mol. The number of amides is 1. The maximum atomic E-state index is 11.5. The first-order valence-corrected chi connectivity index (χ1v) is 7.08. The van der Waals surface area contributed by atoms with Gasteiger partial charge in [0.2, 0.25) is 0 Å². The fraction of sp³-hybridized carbons (Fsp3) is 0.846. The second-order valence-electron chi connectivity index (χ2n) is 4.68. The minimum Gasteiger partial charge on any atom is -0.450 e. The largest absolute Gasteiger partial charge is 0.450 e. The molecule has 1 rings (SSSR count). The van der Waals surface area contributed by atoms with Crippen molar-refractivity contribution < 1.29 is 14.3 Å². The Labute approximate surface area is 143 Å². The lowest BCUT2D eigenvalue weighted by atomic mass is 10.2. The lowest BCUT2D eigenvalue weighted by molar-refractivity contribution is 0.146. The number of carbonyl (C=O) groups is 1. The van der Waals surface area contributed by atoms with E-state index in [2.05, 4.69) is 20.9 Å². The first kappa shape index (κ1) is 20.2. The zero-order valence-corrected chi connectivity index (χ0v) is 15.3. The molecule has 3 N–H and O–H groups in total. The number of methoxy groups -OCH3 is 1. The van der Waals surface area contributed by atoms with Crippen LogP contribution in [0, 0.1) is 5.92 Å². The van der Waals surface area contributed by atoms with Crippen LogP contribution in [0.15, 0.2) is 4.99 Å². The van der Waals surface area contributed by atoms with E-state index < -0.39 is 0 Å². The van der Waals surface area contributed by atoms with Gasteiger partial charge in [0.1, 0.15) is 0 Å². The van der Waals surface area contributed by atoms with Crippen molar-refractivity contribution in [3.8, 4) is 0 Å². The number of carbonyl (C=O) groups excluding carboxylic acids is 1. The molecule has 21 heavy (non-hydrogen) atoms. The van der Waals surface area contributed by atoms with Gasteiger partial charge < -0.3 is 25.4 Å². The third kappa shape index (κ3) is 8.97. The summed E-state index contributed by atoms with van der Waals surface area (Å²) in [5, 5.41) is 9.24. The normalized spacial score (nSPS) is 15.7. The first-order valence-electron chi connectivity index (χ1n) is 7.08. The van der Waals surface area contributed by atoms with Crippen molar-refractivity contribution >= 4 is 36.0 Å². The van der Waals surface area contributed by atoms with E-state index in [0.717, 1.165) is 12.8 Å². The van der Waals surface area contributed by atoms with E-state index in [4.69, 9.17) is 9.47 Å². The number of aliphatic imine (C=N–C) groups is 1. The molecule has 1 fully saturated rings. The highest BCUT2D eigenvalue weighted by Crippen LogP contribution is 2.32. The van der Waals surface area contributed by atoms with Crippen LogP contribution in [0.1, 0.15) is 19.8 Å². The molecule has 124 valence electrons. The van der Waals surface area contributed by atoms with Crippen LogP contribution < -0.4 is 16.0 Å². The lowest BCUT2D eigenvalue weighted by Gasteiger charge is -2.20. The zero-order valence-electron chi connectivity index (χ0n) is 13.0. The van der Waals surface area contributed by atoms with Crippen molar-refractivity contribution in [3.05, 3.63) is 0 Å². The minimum atomic E-state index is -0.353. The third-order valence-corrected chi connectivity index (χ3v) is 3.08. The topological polar surface area (TPSA) is 84.0 Å². The van der Waals surface area contributed by atoms with Crippen molar-refractivity contribution in [2.45, 2.75) is 25.8 Å². The number of guanidine groups is 1. The number of rotatable bonds is 8. The Morgan fingerprint density at radius 3 is 2.62 bits per heavy atom. The molecule has 0 spiro atoms. The molecule has 0 bridgehead atoms. The molecule has 1 amide bonds. The minimum absolute atomic E-state index is 0. The van der Waals surface area contributed by atoms with Gasteiger partial charge in [0.05, 0.1) is 19.3 Å². The molecule has 8 heteroatoms. The number of alkyl carbamates (subject to hydrolysis) is 1. The highest BCUT2D eigenvalue weighted by molar-refractivity contribution is 14.0. The zero-order chi connectivity index (χ0) is 14.8. The first-order chi connectivity index (χ1) is 9.71. The Morgan fingerprint density at radius 2 is 2.10 bits per heavy atom. The van der Waals surface area contributed by atoms with Gasteiger partial charge in [0.25, 0.3) is 0 Å². The van der Waals surface area contributed by atoms with Crippen molar-refractivity contribution in [3.63, 3.8) is 0 Å². The van der Waals surface area contributed by atoms with Gasteiger partial charge >= 0.3 is 6.09 Å². The van der Waals surface area contributed by atoms with Gasteiger partial charge in [-0.2, -0.15) is 0 Å². The number of hydrogen-bond acceptors (Lipinski definition) is 4. The summed E-state index contributed by atoms with van der Waals surface area (Å²) in [6, 6.07) is 0.0787. The summed E-state index contributed by atoms with van der Waals surface area (Å²) in [4.78, 5) is 15.6. The van der Waals surface area contributed by atoms with Gasteiger partial charge in [-0.3, -0.25) is 4.99 Å².